The average molecular weight is 425 g/mol. The number of imidazole rings is 1. The highest BCUT2D eigenvalue weighted by Gasteiger charge is 2.34. The molecule has 0 aliphatic heterocycles. The smallest absolute Gasteiger partial charge is 0.305 e. The Hall–Kier alpha value is -3.75. The molecule has 0 saturated carbocycles. The predicted octanol–water partition coefficient (Wildman–Crippen LogP) is 4.99. The normalized spacial score (nSPS) is 11.7. The number of hydrogen-bond donors (Lipinski definition) is 1. The van der Waals surface area contributed by atoms with Gasteiger partial charge >= 0.3 is 6.18 Å². The molecular weight excluding hydrogens is 407 g/mol. The van der Waals surface area contributed by atoms with E-state index >= 15 is 0 Å². The molecule has 6 nitrogen and oxygen atoms in total. The molecule has 3 heterocycles. The first-order valence-electron chi connectivity index (χ1n) is 9.42. The summed E-state index contributed by atoms with van der Waals surface area (Å²) in [5, 5.41) is 7.01. The number of carbonyl (C=O) groups is 1. The van der Waals surface area contributed by atoms with Crippen LogP contribution in [0.1, 0.15) is 32.9 Å². The molecule has 0 aliphatic rings. The van der Waals surface area contributed by atoms with Gasteiger partial charge in [0.05, 0.1) is 17.5 Å². The van der Waals surface area contributed by atoms with E-state index in [2.05, 4.69) is 20.4 Å². The number of alkyl halides is 3. The third-order valence-corrected chi connectivity index (χ3v) is 4.73. The zero-order valence-electron chi connectivity index (χ0n) is 16.9. The lowest BCUT2D eigenvalue weighted by Gasteiger charge is -2.13. The minimum absolute atomic E-state index is 0.0731. The second-order valence-corrected chi connectivity index (χ2v) is 7.26. The van der Waals surface area contributed by atoms with E-state index in [4.69, 9.17) is 0 Å². The molecule has 0 fully saturated rings. The van der Waals surface area contributed by atoms with E-state index in [1.807, 2.05) is 19.9 Å². The summed E-state index contributed by atoms with van der Waals surface area (Å²) in [5.41, 5.74) is 1.95. The largest absolute Gasteiger partial charge is 0.417 e. The van der Waals surface area contributed by atoms with Gasteiger partial charge in [0, 0.05) is 11.3 Å². The molecule has 9 heteroatoms. The molecule has 0 aliphatic carbocycles. The van der Waals surface area contributed by atoms with Gasteiger partial charge in [0.1, 0.15) is 5.82 Å². The predicted molar refractivity (Wildman–Crippen MR) is 110 cm³/mol. The highest BCUT2D eigenvalue weighted by Crippen LogP contribution is 2.36. The van der Waals surface area contributed by atoms with Gasteiger partial charge < -0.3 is 5.32 Å². The summed E-state index contributed by atoms with van der Waals surface area (Å²) in [4.78, 5) is 21.4. The first-order valence-corrected chi connectivity index (χ1v) is 9.42. The van der Waals surface area contributed by atoms with Gasteiger partial charge in [-0.2, -0.15) is 18.3 Å². The van der Waals surface area contributed by atoms with Gasteiger partial charge in [-0.1, -0.05) is 18.2 Å². The van der Waals surface area contributed by atoms with Crippen molar-refractivity contribution in [2.24, 2.45) is 0 Å². The number of halogens is 3. The zero-order chi connectivity index (χ0) is 22.3. The van der Waals surface area contributed by atoms with Gasteiger partial charge in [0.2, 0.25) is 0 Å². The van der Waals surface area contributed by atoms with Gasteiger partial charge in [-0.25, -0.2) is 14.5 Å². The second kappa shape index (κ2) is 7.50. The minimum atomic E-state index is -4.54. The maximum Gasteiger partial charge on any atom is 0.417 e. The Balaban J connectivity index is 1.80. The van der Waals surface area contributed by atoms with E-state index < -0.39 is 17.6 Å². The molecule has 0 unspecified atom stereocenters. The Morgan fingerprint density at radius 2 is 1.81 bits per heavy atom. The SMILES string of the molecule is Cc1cc(C)nc(NC(=O)c2cnc3c(C)cc(-c4ccccc4C(F)(F)F)nn23)c1. The molecule has 0 saturated heterocycles. The van der Waals surface area contributed by atoms with Crippen LogP contribution in [0.25, 0.3) is 16.9 Å². The minimum Gasteiger partial charge on any atom is -0.305 e. The first kappa shape index (κ1) is 20.5. The van der Waals surface area contributed by atoms with E-state index in [-0.39, 0.29) is 17.0 Å². The van der Waals surface area contributed by atoms with Crippen molar-refractivity contribution in [2.45, 2.75) is 26.9 Å². The van der Waals surface area contributed by atoms with Crippen molar-refractivity contribution >= 4 is 17.4 Å². The van der Waals surface area contributed by atoms with Crippen molar-refractivity contribution in [3.63, 3.8) is 0 Å². The molecule has 1 amide bonds. The van der Waals surface area contributed by atoms with Crippen molar-refractivity contribution in [3.05, 3.63) is 76.7 Å². The van der Waals surface area contributed by atoms with Crippen molar-refractivity contribution in [3.8, 4) is 11.3 Å². The Kier molecular flexibility index (Phi) is 4.96. The molecular formula is C22H18F3N5O. The Morgan fingerprint density at radius 1 is 1.06 bits per heavy atom. The first-order chi connectivity index (χ1) is 14.6. The van der Waals surface area contributed by atoms with Gasteiger partial charge in [0.15, 0.2) is 11.3 Å². The van der Waals surface area contributed by atoms with Crippen LogP contribution < -0.4 is 5.32 Å². The average Bonchev–Trinajstić information content (AvgIpc) is 3.11. The number of fused-ring (bicyclic) bond motifs is 1. The fourth-order valence-corrected chi connectivity index (χ4v) is 3.45. The number of nitrogens with one attached hydrogen (secondary N) is 1. The number of aryl methyl sites for hydroxylation is 3. The lowest BCUT2D eigenvalue weighted by molar-refractivity contribution is -0.137. The van der Waals surface area contributed by atoms with Crippen molar-refractivity contribution in [2.75, 3.05) is 5.32 Å². The van der Waals surface area contributed by atoms with Gasteiger partial charge in [-0.3, -0.25) is 4.79 Å². The number of amides is 1. The lowest BCUT2D eigenvalue weighted by atomic mass is 10.0. The van der Waals surface area contributed by atoms with Crippen LogP contribution in [0.3, 0.4) is 0 Å². The standard InChI is InChI=1S/C22H18F3N5O/c1-12-8-14(3)27-19(9-12)28-21(31)18-11-26-20-13(2)10-17(29-30(18)20)15-6-4-5-7-16(15)22(23,24)25/h4-11H,1-3H3,(H,27,28,31). The zero-order valence-corrected chi connectivity index (χ0v) is 16.9. The summed E-state index contributed by atoms with van der Waals surface area (Å²) in [5.74, 6) is -0.147. The molecule has 4 rings (SSSR count). The fourth-order valence-electron chi connectivity index (χ4n) is 3.45. The summed E-state index contributed by atoms with van der Waals surface area (Å²) in [6.45, 7) is 5.40. The number of pyridine rings is 1. The molecule has 31 heavy (non-hydrogen) atoms. The number of benzene rings is 1. The topological polar surface area (TPSA) is 72.2 Å². The van der Waals surface area contributed by atoms with Crippen LogP contribution in [0.2, 0.25) is 0 Å². The third-order valence-electron chi connectivity index (χ3n) is 4.73. The van der Waals surface area contributed by atoms with Crippen LogP contribution in [-0.4, -0.2) is 25.5 Å². The maximum atomic E-state index is 13.5. The van der Waals surface area contributed by atoms with Gasteiger partial charge in [0.25, 0.3) is 5.91 Å². The van der Waals surface area contributed by atoms with Crippen LogP contribution in [0, 0.1) is 20.8 Å². The summed E-state index contributed by atoms with van der Waals surface area (Å²) in [7, 11) is 0. The molecule has 0 spiro atoms. The third kappa shape index (κ3) is 3.98. The number of anilines is 1. The number of hydrogen-bond acceptors (Lipinski definition) is 4. The highest BCUT2D eigenvalue weighted by molar-refractivity contribution is 6.03. The van der Waals surface area contributed by atoms with E-state index in [0.29, 0.717) is 17.0 Å². The number of aromatic nitrogens is 4. The number of rotatable bonds is 3. The van der Waals surface area contributed by atoms with Crippen LogP contribution in [0.15, 0.2) is 48.7 Å². The molecule has 4 aromatic rings. The van der Waals surface area contributed by atoms with E-state index in [0.717, 1.165) is 17.3 Å². The van der Waals surface area contributed by atoms with Crippen LogP contribution in [0.4, 0.5) is 19.0 Å². The molecule has 0 radical (unpaired) electrons. The molecule has 3 aromatic heterocycles. The molecule has 1 aromatic carbocycles. The van der Waals surface area contributed by atoms with E-state index in [9.17, 15) is 18.0 Å². The number of nitrogens with zero attached hydrogens (tertiary/aromatic N) is 4. The molecule has 1 N–H and O–H groups in total. The van der Waals surface area contributed by atoms with Gasteiger partial charge in [-0.15, -0.1) is 0 Å². The molecule has 0 atom stereocenters. The Bertz CT molecular complexity index is 1290. The maximum absolute atomic E-state index is 13.5. The van der Waals surface area contributed by atoms with Crippen LogP contribution in [0.5, 0.6) is 0 Å². The summed E-state index contributed by atoms with van der Waals surface area (Å²) in [6.07, 6.45) is -3.20. The van der Waals surface area contributed by atoms with Crippen LogP contribution in [-0.2, 0) is 6.18 Å². The van der Waals surface area contributed by atoms with Crippen molar-refractivity contribution < 1.29 is 18.0 Å². The van der Waals surface area contributed by atoms with Crippen LogP contribution >= 0.6 is 0 Å². The van der Waals surface area contributed by atoms with E-state index in [1.165, 1.54) is 35.0 Å². The van der Waals surface area contributed by atoms with E-state index in [1.54, 1.807) is 13.0 Å². The van der Waals surface area contributed by atoms with Gasteiger partial charge in [-0.05, 0) is 56.2 Å². The Labute approximate surface area is 175 Å². The summed E-state index contributed by atoms with van der Waals surface area (Å²) < 4.78 is 41.7. The molecule has 158 valence electrons. The monoisotopic (exact) mass is 425 g/mol. The Morgan fingerprint density at radius 3 is 2.52 bits per heavy atom. The summed E-state index contributed by atoms with van der Waals surface area (Å²) >= 11 is 0. The second-order valence-electron chi connectivity index (χ2n) is 7.26. The molecule has 0 bridgehead atoms. The highest BCUT2D eigenvalue weighted by atomic mass is 19.4. The summed E-state index contributed by atoms with van der Waals surface area (Å²) in [6, 6.07) is 10.3. The van der Waals surface area contributed by atoms with Crippen molar-refractivity contribution in [1.82, 2.24) is 19.6 Å². The quantitative estimate of drug-likeness (QED) is 0.502. The fraction of sp³-hybridized carbons (Fsp3) is 0.182. The van der Waals surface area contributed by atoms with Crippen molar-refractivity contribution in [1.29, 1.82) is 0 Å². The number of carbonyl (C=O) groups excluding carboxylic acids is 1. The lowest BCUT2D eigenvalue weighted by Crippen LogP contribution is -2.17.